The van der Waals surface area contributed by atoms with Crippen molar-refractivity contribution in [2.75, 3.05) is 0 Å². The van der Waals surface area contributed by atoms with Gasteiger partial charge < -0.3 is 0 Å². The molecule has 1 aromatic rings. The lowest BCUT2D eigenvalue weighted by molar-refractivity contribution is -0.0328. The molecule has 0 aromatic carbocycles. The van der Waals surface area contributed by atoms with Crippen LogP contribution in [0.2, 0.25) is 10.3 Å². The maximum absolute atomic E-state index is 12.1. The highest BCUT2D eigenvalue weighted by molar-refractivity contribution is 8.00. The van der Waals surface area contributed by atoms with Crippen molar-refractivity contribution in [3.63, 3.8) is 0 Å². The van der Waals surface area contributed by atoms with Gasteiger partial charge in [-0.1, -0.05) is 23.2 Å². The van der Waals surface area contributed by atoms with Gasteiger partial charge in [0.05, 0.1) is 4.90 Å². The smallest absolute Gasteiger partial charge is 0.211 e. The molecule has 0 saturated carbocycles. The second-order valence-electron chi connectivity index (χ2n) is 2.19. The Hall–Kier alpha value is -0.820. The van der Waals surface area contributed by atoms with Crippen LogP contribution in [0.15, 0.2) is 9.89 Å². The first-order valence-corrected chi connectivity index (χ1v) is 4.97. The van der Waals surface area contributed by atoms with Crippen LogP contribution in [0.1, 0.15) is 0 Å². The zero-order chi connectivity index (χ0) is 12.3. The van der Waals surface area contributed by atoms with Crippen molar-refractivity contribution in [3.8, 4) is 0 Å². The molecule has 0 aliphatic rings. The number of alkyl halides is 3. The third kappa shape index (κ3) is 3.64. The molecular weight excluding hydrogens is 290 g/mol. The highest BCUT2D eigenvalue weighted by Gasteiger charge is 2.32. The SMILES string of the molecule is O=C=Nc1nc(Cl)c(SC(F)(F)F)c(Cl)n1. The van der Waals surface area contributed by atoms with E-state index in [-0.39, 0.29) is 0 Å². The van der Waals surface area contributed by atoms with E-state index in [4.69, 9.17) is 23.2 Å². The normalized spacial score (nSPS) is 11.1. The average molecular weight is 290 g/mol. The second-order valence-corrected chi connectivity index (χ2v) is 3.98. The molecule has 0 radical (unpaired) electrons. The van der Waals surface area contributed by atoms with Crippen LogP contribution in [0, 0.1) is 0 Å². The van der Waals surface area contributed by atoms with Gasteiger partial charge >= 0.3 is 5.51 Å². The fourth-order valence-corrected chi connectivity index (χ4v) is 1.78. The topological polar surface area (TPSA) is 55.2 Å². The van der Waals surface area contributed by atoms with Crippen molar-refractivity contribution in [2.45, 2.75) is 10.4 Å². The van der Waals surface area contributed by atoms with Crippen molar-refractivity contribution >= 4 is 47.0 Å². The fourth-order valence-electron chi connectivity index (χ4n) is 0.678. The minimum absolute atomic E-state index is 0.448. The van der Waals surface area contributed by atoms with Gasteiger partial charge in [0.1, 0.15) is 10.3 Å². The van der Waals surface area contributed by atoms with E-state index in [2.05, 4.69) is 15.0 Å². The van der Waals surface area contributed by atoms with Crippen LogP contribution < -0.4 is 0 Å². The molecule has 16 heavy (non-hydrogen) atoms. The number of carbonyl (C=O) groups excluding carboxylic acids is 1. The molecule has 10 heteroatoms. The van der Waals surface area contributed by atoms with Gasteiger partial charge in [0.2, 0.25) is 6.08 Å². The Balaban J connectivity index is 3.17. The molecular formula is C6Cl2F3N3OS. The number of aromatic nitrogens is 2. The second kappa shape index (κ2) is 5.01. The Morgan fingerprint density at radius 2 is 1.75 bits per heavy atom. The van der Waals surface area contributed by atoms with Crippen LogP contribution in [0.3, 0.4) is 0 Å². The van der Waals surface area contributed by atoms with Crippen molar-refractivity contribution in [3.05, 3.63) is 10.3 Å². The van der Waals surface area contributed by atoms with E-state index < -0.39 is 38.4 Å². The number of hydrogen-bond acceptors (Lipinski definition) is 5. The summed E-state index contributed by atoms with van der Waals surface area (Å²) in [5.41, 5.74) is -4.56. The highest BCUT2D eigenvalue weighted by Crippen LogP contribution is 2.42. The van der Waals surface area contributed by atoms with Crippen LogP contribution in [0.4, 0.5) is 19.1 Å². The summed E-state index contributed by atoms with van der Waals surface area (Å²) in [6.45, 7) is 0. The zero-order valence-corrected chi connectivity index (χ0v) is 9.38. The maximum Gasteiger partial charge on any atom is 0.446 e. The fraction of sp³-hybridized carbons (Fsp3) is 0.167. The largest absolute Gasteiger partial charge is 0.446 e. The lowest BCUT2D eigenvalue weighted by Crippen LogP contribution is -2.01. The average Bonchev–Trinajstić information content (AvgIpc) is 2.10. The van der Waals surface area contributed by atoms with Gasteiger partial charge in [-0.3, -0.25) is 0 Å². The Bertz CT molecular complexity index is 438. The molecule has 0 bridgehead atoms. The van der Waals surface area contributed by atoms with E-state index in [0.29, 0.717) is 0 Å². The molecule has 0 aliphatic carbocycles. The maximum atomic E-state index is 12.1. The molecule has 1 rings (SSSR count). The number of nitrogens with zero attached hydrogens (tertiary/aromatic N) is 3. The Morgan fingerprint density at radius 1 is 1.25 bits per heavy atom. The molecule has 86 valence electrons. The number of isocyanates is 1. The van der Waals surface area contributed by atoms with Gasteiger partial charge in [-0.05, 0) is 11.8 Å². The number of hydrogen-bond donors (Lipinski definition) is 0. The van der Waals surface area contributed by atoms with Gasteiger partial charge in [0, 0.05) is 0 Å². The van der Waals surface area contributed by atoms with Crippen LogP contribution in [-0.4, -0.2) is 21.6 Å². The minimum Gasteiger partial charge on any atom is -0.211 e. The Morgan fingerprint density at radius 3 is 2.12 bits per heavy atom. The molecule has 0 aliphatic heterocycles. The monoisotopic (exact) mass is 289 g/mol. The molecule has 0 spiro atoms. The first-order valence-electron chi connectivity index (χ1n) is 3.40. The Kier molecular flexibility index (Phi) is 4.15. The molecule has 0 atom stereocenters. The van der Waals surface area contributed by atoms with Crippen molar-refractivity contribution < 1.29 is 18.0 Å². The summed E-state index contributed by atoms with van der Waals surface area (Å²) < 4.78 is 36.2. The van der Waals surface area contributed by atoms with Crippen LogP contribution in [0.25, 0.3) is 0 Å². The molecule has 0 amide bonds. The first kappa shape index (κ1) is 13.2. The molecule has 4 nitrogen and oxygen atoms in total. The van der Waals surface area contributed by atoms with Crippen molar-refractivity contribution in [1.82, 2.24) is 9.97 Å². The molecule has 0 saturated heterocycles. The minimum atomic E-state index is -4.56. The van der Waals surface area contributed by atoms with Crippen molar-refractivity contribution in [2.24, 2.45) is 4.99 Å². The first-order chi connectivity index (χ1) is 7.33. The molecule has 0 fully saturated rings. The van der Waals surface area contributed by atoms with Gasteiger partial charge in [0.15, 0.2) is 0 Å². The van der Waals surface area contributed by atoms with E-state index in [9.17, 15) is 18.0 Å². The van der Waals surface area contributed by atoms with E-state index in [1.807, 2.05) is 0 Å². The zero-order valence-electron chi connectivity index (χ0n) is 7.05. The highest BCUT2D eigenvalue weighted by atomic mass is 35.5. The Labute approximate surface area is 101 Å². The lowest BCUT2D eigenvalue weighted by Gasteiger charge is -2.07. The summed E-state index contributed by atoms with van der Waals surface area (Å²) in [5.74, 6) is -0.448. The quantitative estimate of drug-likeness (QED) is 0.363. The van der Waals surface area contributed by atoms with Crippen LogP contribution >= 0.6 is 35.0 Å². The van der Waals surface area contributed by atoms with Gasteiger partial charge in [0.25, 0.3) is 5.95 Å². The molecule has 0 unspecified atom stereocenters. The lowest BCUT2D eigenvalue weighted by atomic mass is 10.6. The summed E-state index contributed by atoms with van der Waals surface area (Å²) in [6, 6.07) is 0. The van der Waals surface area contributed by atoms with Crippen LogP contribution in [0.5, 0.6) is 0 Å². The molecule has 1 heterocycles. The molecule has 0 N–H and O–H groups in total. The summed E-state index contributed by atoms with van der Waals surface area (Å²) in [6.07, 6.45) is 1.11. The summed E-state index contributed by atoms with van der Waals surface area (Å²) in [7, 11) is 0. The number of thioether (sulfide) groups is 1. The summed E-state index contributed by atoms with van der Waals surface area (Å²) in [5, 5.41) is -1.06. The van der Waals surface area contributed by atoms with E-state index >= 15 is 0 Å². The van der Waals surface area contributed by atoms with Gasteiger partial charge in [-0.25, -0.2) is 4.79 Å². The summed E-state index contributed by atoms with van der Waals surface area (Å²) in [4.78, 5) is 19.0. The van der Waals surface area contributed by atoms with Crippen LogP contribution in [-0.2, 0) is 4.79 Å². The van der Waals surface area contributed by atoms with Gasteiger partial charge in [-0.15, -0.1) is 4.99 Å². The number of aliphatic imine (C=N–C) groups is 1. The van der Waals surface area contributed by atoms with Crippen molar-refractivity contribution in [1.29, 1.82) is 0 Å². The number of rotatable bonds is 2. The predicted molar refractivity (Wildman–Crippen MR) is 51.7 cm³/mol. The van der Waals surface area contributed by atoms with Gasteiger partial charge in [-0.2, -0.15) is 23.1 Å². The third-order valence-corrected chi connectivity index (χ3v) is 2.73. The van der Waals surface area contributed by atoms with E-state index in [0.717, 1.165) is 6.08 Å². The predicted octanol–water partition coefficient (Wildman–Crippen LogP) is 3.36. The van der Waals surface area contributed by atoms with E-state index in [1.165, 1.54) is 0 Å². The van der Waals surface area contributed by atoms with E-state index in [1.54, 1.807) is 0 Å². The summed E-state index contributed by atoms with van der Waals surface area (Å²) >= 11 is 10.3. The molecule has 1 aromatic heterocycles. The standard InChI is InChI=1S/C6Cl2F3N3OS/c7-3-2(16-6(9,10)11)4(8)14-5(13-3)12-1-15. The number of halogens is 5. The third-order valence-electron chi connectivity index (χ3n) is 1.13.